The molecular weight excluding hydrogens is 276 g/mol. The lowest BCUT2D eigenvalue weighted by molar-refractivity contribution is 0.1000. The topological polar surface area (TPSA) is 78.3 Å². The number of ether oxygens (including phenoxy) is 1. The van der Waals surface area contributed by atoms with Crippen LogP contribution in [0.25, 0.3) is 0 Å². The fraction of sp³-hybridized carbons (Fsp3) is 0.133. The number of rotatable bonds is 3. The maximum atomic E-state index is 11.2. The van der Waals surface area contributed by atoms with E-state index in [1.807, 2.05) is 13.8 Å². The molecule has 0 heterocycles. The molecule has 0 aliphatic heterocycles. The highest BCUT2D eigenvalue weighted by Crippen LogP contribution is 2.34. The fourth-order valence-corrected chi connectivity index (χ4v) is 2.12. The largest absolute Gasteiger partial charge is 0.455 e. The number of benzene rings is 2. The van der Waals surface area contributed by atoms with E-state index in [2.05, 4.69) is 0 Å². The highest BCUT2D eigenvalue weighted by Gasteiger charge is 2.12. The van der Waals surface area contributed by atoms with Crippen molar-refractivity contribution < 1.29 is 9.53 Å². The van der Waals surface area contributed by atoms with Crippen molar-refractivity contribution in [3.05, 3.63) is 52.0 Å². The summed E-state index contributed by atoms with van der Waals surface area (Å²) in [7, 11) is 0. The van der Waals surface area contributed by atoms with Crippen molar-refractivity contribution in [1.29, 1.82) is 0 Å². The van der Waals surface area contributed by atoms with E-state index in [0.717, 1.165) is 11.1 Å². The molecule has 2 aromatic rings. The number of nitrogen functional groups attached to an aromatic ring is 1. The van der Waals surface area contributed by atoms with E-state index in [1.165, 1.54) is 0 Å². The first-order valence-electron chi connectivity index (χ1n) is 6.02. The predicted molar refractivity (Wildman–Crippen MR) is 80.4 cm³/mol. The second kappa shape index (κ2) is 5.43. The highest BCUT2D eigenvalue weighted by molar-refractivity contribution is 6.30. The van der Waals surface area contributed by atoms with E-state index in [0.29, 0.717) is 27.8 Å². The SMILES string of the molecule is Cc1cc(C(N)=O)cc(C)c1Oc1cc(Cl)ccc1N. The first-order valence-corrected chi connectivity index (χ1v) is 6.40. The third-order valence-corrected chi connectivity index (χ3v) is 3.17. The molecular formula is C15H15ClN2O2. The molecule has 0 aromatic heterocycles. The van der Waals surface area contributed by atoms with Crippen LogP contribution in [0.2, 0.25) is 5.02 Å². The zero-order chi connectivity index (χ0) is 14.9. The second-order valence-electron chi connectivity index (χ2n) is 4.59. The van der Waals surface area contributed by atoms with E-state index >= 15 is 0 Å². The van der Waals surface area contributed by atoms with Gasteiger partial charge in [-0.3, -0.25) is 4.79 Å². The molecule has 0 unspecified atom stereocenters. The average Bonchev–Trinajstić information content (AvgIpc) is 2.37. The van der Waals surface area contributed by atoms with E-state index in [4.69, 9.17) is 27.8 Å². The highest BCUT2D eigenvalue weighted by atomic mass is 35.5. The molecule has 0 aliphatic rings. The Kier molecular flexibility index (Phi) is 3.86. The van der Waals surface area contributed by atoms with Gasteiger partial charge in [0.05, 0.1) is 5.69 Å². The van der Waals surface area contributed by atoms with Crippen molar-refractivity contribution in [3.63, 3.8) is 0 Å². The van der Waals surface area contributed by atoms with E-state index in [1.54, 1.807) is 30.3 Å². The summed E-state index contributed by atoms with van der Waals surface area (Å²) in [6.07, 6.45) is 0. The number of halogens is 1. The van der Waals surface area contributed by atoms with Crippen LogP contribution in [-0.4, -0.2) is 5.91 Å². The van der Waals surface area contributed by atoms with Gasteiger partial charge in [-0.2, -0.15) is 0 Å². The van der Waals surface area contributed by atoms with Gasteiger partial charge in [0.15, 0.2) is 5.75 Å². The van der Waals surface area contributed by atoms with Crippen LogP contribution >= 0.6 is 11.6 Å². The lowest BCUT2D eigenvalue weighted by atomic mass is 10.1. The van der Waals surface area contributed by atoms with Gasteiger partial charge in [0.1, 0.15) is 5.75 Å². The summed E-state index contributed by atoms with van der Waals surface area (Å²) in [6, 6.07) is 8.40. The third-order valence-electron chi connectivity index (χ3n) is 2.93. The van der Waals surface area contributed by atoms with E-state index in [-0.39, 0.29) is 0 Å². The van der Waals surface area contributed by atoms with Gasteiger partial charge in [-0.1, -0.05) is 11.6 Å². The van der Waals surface area contributed by atoms with Crippen LogP contribution in [0.4, 0.5) is 5.69 Å². The summed E-state index contributed by atoms with van der Waals surface area (Å²) in [5, 5.41) is 0.540. The molecule has 5 heteroatoms. The van der Waals surface area contributed by atoms with Gasteiger partial charge in [-0.05, 0) is 49.2 Å². The van der Waals surface area contributed by atoms with Crippen LogP contribution in [0.1, 0.15) is 21.5 Å². The van der Waals surface area contributed by atoms with Crippen LogP contribution in [0.3, 0.4) is 0 Å². The average molecular weight is 291 g/mol. The molecule has 104 valence electrons. The Hall–Kier alpha value is -2.20. The number of carbonyl (C=O) groups excluding carboxylic acids is 1. The minimum atomic E-state index is -0.468. The van der Waals surface area contributed by atoms with Crippen molar-refractivity contribution in [2.75, 3.05) is 5.73 Å². The van der Waals surface area contributed by atoms with Crippen molar-refractivity contribution in [2.45, 2.75) is 13.8 Å². The Bertz CT molecular complexity index is 661. The molecule has 2 aromatic carbocycles. The molecule has 0 saturated heterocycles. The number of carbonyl (C=O) groups is 1. The molecule has 2 rings (SSSR count). The summed E-state index contributed by atoms with van der Waals surface area (Å²) in [4.78, 5) is 11.2. The number of hydrogen-bond acceptors (Lipinski definition) is 3. The van der Waals surface area contributed by atoms with Gasteiger partial charge >= 0.3 is 0 Å². The van der Waals surface area contributed by atoms with Gasteiger partial charge in [0.2, 0.25) is 5.91 Å². The lowest BCUT2D eigenvalue weighted by Crippen LogP contribution is -2.11. The summed E-state index contributed by atoms with van der Waals surface area (Å²) >= 11 is 5.93. The van der Waals surface area contributed by atoms with E-state index < -0.39 is 5.91 Å². The molecule has 0 aliphatic carbocycles. The number of amides is 1. The number of primary amides is 1. The monoisotopic (exact) mass is 290 g/mol. The molecule has 4 nitrogen and oxygen atoms in total. The first-order chi connectivity index (χ1) is 9.38. The fourth-order valence-electron chi connectivity index (χ4n) is 1.96. The molecule has 0 fully saturated rings. The van der Waals surface area contributed by atoms with Gasteiger partial charge in [-0.25, -0.2) is 0 Å². The molecule has 1 amide bonds. The predicted octanol–water partition coefficient (Wildman–Crippen LogP) is 3.43. The Morgan fingerprint density at radius 2 is 1.75 bits per heavy atom. The van der Waals surface area contributed by atoms with Crippen LogP contribution in [0.15, 0.2) is 30.3 Å². The van der Waals surface area contributed by atoms with Crippen LogP contribution in [0.5, 0.6) is 11.5 Å². The molecule has 0 radical (unpaired) electrons. The van der Waals surface area contributed by atoms with Crippen LogP contribution < -0.4 is 16.2 Å². The van der Waals surface area contributed by atoms with Gasteiger partial charge < -0.3 is 16.2 Å². The molecule has 20 heavy (non-hydrogen) atoms. The lowest BCUT2D eigenvalue weighted by Gasteiger charge is -2.14. The number of anilines is 1. The van der Waals surface area contributed by atoms with Crippen molar-refractivity contribution in [2.24, 2.45) is 5.73 Å². The Labute approximate surface area is 122 Å². The minimum Gasteiger partial charge on any atom is -0.455 e. The zero-order valence-electron chi connectivity index (χ0n) is 11.2. The molecule has 0 spiro atoms. The van der Waals surface area contributed by atoms with Gasteiger partial charge in [-0.15, -0.1) is 0 Å². The number of aryl methyl sites for hydroxylation is 2. The standard InChI is InChI=1S/C15H15ClN2O2/c1-8-5-10(15(18)19)6-9(2)14(8)20-13-7-11(16)3-4-12(13)17/h3-7H,17H2,1-2H3,(H2,18,19). The van der Waals surface area contributed by atoms with Gasteiger partial charge in [0.25, 0.3) is 0 Å². The van der Waals surface area contributed by atoms with Crippen LogP contribution in [0, 0.1) is 13.8 Å². The van der Waals surface area contributed by atoms with Crippen molar-refractivity contribution >= 4 is 23.2 Å². The zero-order valence-corrected chi connectivity index (χ0v) is 12.0. The summed E-state index contributed by atoms with van der Waals surface area (Å²) in [5.41, 5.74) is 13.7. The third kappa shape index (κ3) is 2.86. The van der Waals surface area contributed by atoms with Crippen LogP contribution in [-0.2, 0) is 0 Å². The summed E-state index contributed by atoms with van der Waals surface area (Å²) < 4.78 is 5.82. The molecule has 0 saturated carbocycles. The maximum absolute atomic E-state index is 11.2. The number of nitrogens with two attached hydrogens (primary N) is 2. The molecule has 4 N–H and O–H groups in total. The van der Waals surface area contributed by atoms with E-state index in [9.17, 15) is 4.79 Å². The van der Waals surface area contributed by atoms with Gasteiger partial charge in [0, 0.05) is 16.7 Å². The Morgan fingerprint density at radius 1 is 1.15 bits per heavy atom. The smallest absolute Gasteiger partial charge is 0.248 e. The number of hydrogen-bond donors (Lipinski definition) is 2. The molecule has 0 atom stereocenters. The molecule has 0 bridgehead atoms. The maximum Gasteiger partial charge on any atom is 0.248 e. The minimum absolute atomic E-state index is 0.450. The van der Waals surface area contributed by atoms with Crippen molar-refractivity contribution in [3.8, 4) is 11.5 Å². The second-order valence-corrected chi connectivity index (χ2v) is 5.02. The van der Waals surface area contributed by atoms with Crippen molar-refractivity contribution in [1.82, 2.24) is 0 Å². The normalized spacial score (nSPS) is 10.3. The first kappa shape index (κ1) is 14.2. The summed E-state index contributed by atoms with van der Waals surface area (Å²) in [6.45, 7) is 3.69. The Balaban J connectivity index is 2.44. The Morgan fingerprint density at radius 3 is 2.30 bits per heavy atom. The quantitative estimate of drug-likeness (QED) is 0.850. The summed E-state index contributed by atoms with van der Waals surface area (Å²) in [5.74, 6) is 0.657.